The number of hydrogen-bond acceptors (Lipinski definition) is 7. The van der Waals surface area contributed by atoms with E-state index in [0.717, 1.165) is 4.47 Å². The molecule has 0 atom stereocenters. The third-order valence-electron chi connectivity index (χ3n) is 4.19. The molecular weight excluding hydrogens is 460 g/mol. The van der Waals surface area contributed by atoms with Gasteiger partial charge in [-0.15, -0.1) is 10.2 Å². The monoisotopic (exact) mass is 476 g/mol. The zero-order valence-electron chi connectivity index (χ0n) is 15.4. The normalized spacial score (nSPS) is 12.6. The van der Waals surface area contributed by atoms with E-state index >= 15 is 0 Å². The second-order valence-corrected chi connectivity index (χ2v) is 8.08. The van der Waals surface area contributed by atoms with Gasteiger partial charge in [-0.2, -0.15) is 0 Å². The highest BCUT2D eigenvalue weighted by Gasteiger charge is 2.17. The molecule has 2 heterocycles. The summed E-state index contributed by atoms with van der Waals surface area (Å²) in [6, 6.07) is 10.4. The van der Waals surface area contributed by atoms with Crippen LogP contribution in [0.1, 0.15) is 0 Å². The third kappa shape index (κ3) is 4.33. The lowest BCUT2D eigenvalue weighted by Gasteiger charge is -2.18. The Labute approximate surface area is 179 Å². The SMILES string of the molecule is Cn1c(SCC(=O)Nc2ccc3c(c2)OCCO3)nnc1-c1cc(Br)ccc1O. The minimum absolute atomic E-state index is 0.108. The summed E-state index contributed by atoms with van der Waals surface area (Å²) in [5.41, 5.74) is 1.19. The maximum absolute atomic E-state index is 12.3. The summed E-state index contributed by atoms with van der Waals surface area (Å²) >= 11 is 4.64. The molecule has 8 nitrogen and oxygen atoms in total. The summed E-state index contributed by atoms with van der Waals surface area (Å²) in [4.78, 5) is 12.3. The molecule has 1 aliphatic rings. The van der Waals surface area contributed by atoms with Gasteiger partial charge in [-0.05, 0) is 30.3 Å². The van der Waals surface area contributed by atoms with Crippen LogP contribution in [0.2, 0.25) is 0 Å². The standard InChI is InChI=1S/C19H17BrN4O4S/c1-24-18(13-8-11(20)2-4-14(13)25)22-23-19(24)29-10-17(26)21-12-3-5-15-16(9-12)28-7-6-27-15/h2-5,8-9,25H,6-7,10H2,1H3,(H,21,26). The predicted octanol–water partition coefficient (Wildman–Crippen LogP) is 3.45. The van der Waals surface area contributed by atoms with Gasteiger partial charge in [0.2, 0.25) is 5.91 Å². The molecule has 2 aromatic carbocycles. The molecule has 1 amide bonds. The Hall–Kier alpha value is -2.72. The smallest absolute Gasteiger partial charge is 0.234 e. The van der Waals surface area contributed by atoms with E-state index in [1.165, 1.54) is 11.8 Å². The first-order valence-electron chi connectivity index (χ1n) is 8.72. The van der Waals surface area contributed by atoms with E-state index in [-0.39, 0.29) is 17.4 Å². The number of ether oxygens (including phenoxy) is 2. The van der Waals surface area contributed by atoms with Crippen molar-refractivity contribution in [3.63, 3.8) is 0 Å². The summed E-state index contributed by atoms with van der Waals surface area (Å²) in [6.07, 6.45) is 0. The fourth-order valence-corrected chi connectivity index (χ4v) is 3.88. The Kier molecular flexibility index (Phi) is 5.63. The molecule has 3 aromatic rings. The number of phenolic OH excluding ortho intramolecular Hbond substituents is 1. The van der Waals surface area contributed by atoms with Gasteiger partial charge in [0.25, 0.3) is 0 Å². The number of halogens is 1. The Balaban J connectivity index is 1.41. The van der Waals surface area contributed by atoms with E-state index in [1.807, 2.05) is 0 Å². The summed E-state index contributed by atoms with van der Waals surface area (Å²) in [5.74, 6) is 1.89. The molecule has 0 fully saturated rings. The van der Waals surface area contributed by atoms with Crippen molar-refractivity contribution >= 4 is 39.3 Å². The number of aromatic hydroxyl groups is 1. The van der Waals surface area contributed by atoms with Gasteiger partial charge in [-0.25, -0.2) is 0 Å². The predicted molar refractivity (Wildman–Crippen MR) is 113 cm³/mol. The molecule has 0 unspecified atom stereocenters. The van der Waals surface area contributed by atoms with Gasteiger partial charge in [0, 0.05) is 23.3 Å². The van der Waals surface area contributed by atoms with Crippen molar-refractivity contribution in [3.8, 4) is 28.6 Å². The van der Waals surface area contributed by atoms with E-state index in [4.69, 9.17) is 9.47 Å². The van der Waals surface area contributed by atoms with Crippen molar-refractivity contribution < 1.29 is 19.4 Å². The second kappa shape index (κ2) is 8.34. The Morgan fingerprint density at radius 2 is 2.00 bits per heavy atom. The van der Waals surface area contributed by atoms with Crippen molar-refractivity contribution in [2.24, 2.45) is 7.05 Å². The number of amides is 1. The number of anilines is 1. The number of thioether (sulfide) groups is 1. The molecule has 150 valence electrons. The first kappa shape index (κ1) is 19.6. The van der Waals surface area contributed by atoms with Gasteiger partial charge < -0.3 is 24.5 Å². The zero-order valence-corrected chi connectivity index (χ0v) is 17.8. The molecule has 0 saturated heterocycles. The van der Waals surface area contributed by atoms with Crippen molar-refractivity contribution in [1.29, 1.82) is 0 Å². The van der Waals surface area contributed by atoms with Crippen molar-refractivity contribution in [1.82, 2.24) is 14.8 Å². The Bertz CT molecular complexity index is 1070. The lowest BCUT2D eigenvalue weighted by molar-refractivity contribution is -0.113. The number of nitrogens with zero attached hydrogens (tertiary/aromatic N) is 3. The van der Waals surface area contributed by atoms with Gasteiger partial charge in [0.1, 0.15) is 19.0 Å². The minimum Gasteiger partial charge on any atom is -0.507 e. The lowest BCUT2D eigenvalue weighted by Crippen LogP contribution is -2.17. The number of aromatic nitrogens is 3. The number of phenols is 1. The molecule has 0 spiro atoms. The van der Waals surface area contributed by atoms with Gasteiger partial charge in [0.05, 0.1) is 11.3 Å². The Morgan fingerprint density at radius 3 is 2.83 bits per heavy atom. The second-order valence-electron chi connectivity index (χ2n) is 6.22. The summed E-state index contributed by atoms with van der Waals surface area (Å²) in [5, 5.41) is 21.8. The highest BCUT2D eigenvalue weighted by molar-refractivity contribution is 9.10. The first-order valence-corrected chi connectivity index (χ1v) is 10.5. The van der Waals surface area contributed by atoms with Crippen molar-refractivity contribution in [3.05, 3.63) is 40.9 Å². The van der Waals surface area contributed by atoms with E-state index in [9.17, 15) is 9.90 Å². The van der Waals surface area contributed by atoms with Crippen LogP contribution in [0.25, 0.3) is 11.4 Å². The van der Waals surface area contributed by atoms with E-state index < -0.39 is 0 Å². The van der Waals surface area contributed by atoms with E-state index in [0.29, 0.717) is 46.9 Å². The van der Waals surface area contributed by atoms with Gasteiger partial charge in [-0.1, -0.05) is 27.7 Å². The van der Waals surface area contributed by atoms with Gasteiger partial charge in [0.15, 0.2) is 22.5 Å². The number of hydrogen-bond donors (Lipinski definition) is 2. The van der Waals surface area contributed by atoms with Gasteiger partial charge >= 0.3 is 0 Å². The number of benzene rings is 2. The average Bonchev–Trinajstić information content (AvgIpc) is 3.08. The van der Waals surface area contributed by atoms with Crippen LogP contribution >= 0.6 is 27.7 Å². The summed E-state index contributed by atoms with van der Waals surface area (Å²) in [7, 11) is 1.79. The average molecular weight is 477 g/mol. The van der Waals surface area contributed by atoms with E-state index in [2.05, 4.69) is 31.4 Å². The van der Waals surface area contributed by atoms with E-state index in [1.54, 1.807) is 48.0 Å². The molecule has 2 N–H and O–H groups in total. The molecular formula is C19H17BrN4O4S. The first-order chi connectivity index (χ1) is 14.0. The fraction of sp³-hybridized carbons (Fsp3) is 0.211. The van der Waals surface area contributed by atoms with Crippen LogP contribution in [-0.2, 0) is 11.8 Å². The summed E-state index contributed by atoms with van der Waals surface area (Å²) in [6.45, 7) is 1.01. The maximum atomic E-state index is 12.3. The number of carbonyl (C=O) groups excluding carboxylic acids is 1. The molecule has 0 aliphatic carbocycles. The van der Waals surface area contributed by atoms with Crippen LogP contribution < -0.4 is 14.8 Å². The Morgan fingerprint density at radius 1 is 1.21 bits per heavy atom. The molecule has 0 radical (unpaired) electrons. The largest absolute Gasteiger partial charge is 0.507 e. The highest BCUT2D eigenvalue weighted by Crippen LogP contribution is 2.33. The lowest BCUT2D eigenvalue weighted by atomic mass is 10.2. The number of carbonyl (C=O) groups is 1. The third-order valence-corrected chi connectivity index (χ3v) is 5.71. The quantitative estimate of drug-likeness (QED) is 0.544. The molecule has 29 heavy (non-hydrogen) atoms. The fourth-order valence-electron chi connectivity index (χ4n) is 2.81. The molecule has 1 aliphatic heterocycles. The van der Waals surface area contributed by atoms with Crippen LogP contribution in [0.15, 0.2) is 46.0 Å². The molecule has 10 heteroatoms. The molecule has 0 bridgehead atoms. The zero-order chi connectivity index (χ0) is 20.4. The van der Waals surface area contributed by atoms with Crippen molar-refractivity contribution in [2.75, 3.05) is 24.3 Å². The number of rotatable bonds is 5. The van der Waals surface area contributed by atoms with Crippen molar-refractivity contribution in [2.45, 2.75) is 5.16 Å². The van der Waals surface area contributed by atoms with Crippen LogP contribution in [0.4, 0.5) is 5.69 Å². The number of fused-ring (bicyclic) bond motifs is 1. The molecule has 1 aromatic heterocycles. The van der Waals surface area contributed by atoms with Crippen LogP contribution in [0, 0.1) is 0 Å². The molecule has 4 rings (SSSR count). The molecule has 0 saturated carbocycles. The topological polar surface area (TPSA) is 98.5 Å². The van der Waals surface area contributed by atoms with Gasteiger partial charge in [-0.3, -0.25) is 4.79 Å². The number of nitrogens with one attached hydrogen (secondary N) is 1. The summed E-state index contributed by atoms with van der Waals surface area (Å²) < 4.78 is 13.6. The minimum atomic E-state index is -0.179. The highest BCUT2D eigenvalue weighted by atomic mass is 79.9. The van der Waals surface area contributed by atoms with Crippen LogP contribution in [0.5, 0.6) is 17.2 Å². The maximum Gasteiger partial charge on any atom is 0.234 e. The van der Waals surface area contributed by atoms with Crippen LogP contribution in [0.3, 0.4) is 0 Å². The van der Waals surface area contributed by atoms with Crippen LogP contribution in [-0.4, -0.2) is 44.7 Å².